The molecule has 0 radical (unpaired) electrons. The Balaban J connectivity index is 1.51. The highest BCUT2D eigenvalue weighted by Crippen LogP contribution is 2.36. The predicted octanol–water partition coefficient (Wildman–Crippen LogP) is 3.64. The maximum atomic E-state index is 13.2. The summed E-state index contributed by atoms with van der Waals surface area (Å²) in [5.41, 5.74) is 3.17. The number of likely N-dealkylation sites (tertiary alicyclic amines) is 1. The molecule has 31 heavy (non-hydrogen) atoms. The smallest absolute Gasteiger partial charge is 0.240 e. The van der Waals surface area contributed by atoms with Gasteiger partial charge < -0.3 is 15.5 Å². The van der Waals surface area contributed by atoms with Crippen molar-refractivity contribution < 1.29 is 9.53 Å². The molecule has 1 aliphatic heterocycles. The van der Waals surface area contributed by atoms with Gasteiger partial charge in [0.15, 0.2) is 5.82 Å². The van der Waals surface area contributed by atoms with E-state index in [0.717, 1.165) is 42.8 Å². The molecule has 1 fully saturated rings. The minimum absolute atomic E-state index is 0.0878. The van der Waals surface area contributed by atoms with E-state index in [0.29, 0.717) is 11.0 Å². The number of nitrogens with zero attached hydrogens (tertiary/aromatic N) is 4. The number of aryl methyl sites for hydroxylation is 2. The van der Waals surface area contributed by atoms with Gasteiger partial charge in [-0.2, -0.15) is 0 Å². The van der Waals surface area contributed by atoms with Gasteiger partial charge in [0.2, 0.25) is 11.1 Å². The van der Waals surface area contributed by atoms with Crippen LogP contribution in [-0.2, 0) is 11.4 Å². The lowest BCUT2D eigenvalue weighted by molar-refractivity contribution is -0.129. The van der Waals surface area contributed by atoms with Crippen molar-refractivity contribution in [2.45, 2.75) is 43.7 Å². The number of rotatable bonds is 7. The first-order chi connectivity index (χ1) is 15.0. The molecular formula is C23H27N5O2S. The van der Waals surface area contributed by atoms with Gasteiger partial charge in [-0.15, -0.1) is 10.2 Å². The third kappa shape index (κ3) is 4.85. The van der Waals surface area contributed by atoms with Crippen molar-refractivity contribution in [1.82, 2.24) is 19.8 Å². The average molecular weight is 438 g/mol. The summed E-state index contributed by atoms with van der Waals surface area (Å²) in [4.78, 5) is 15.1. The zero-order valence-electron chi connectivity index (χ0n) is 17.8. The quantitative estimate of drug-likeness (QED) is 0.449. The third-order valence-corrected chi connectivity index (χ3v) is 6.59. The number of nitrogens with two attached hydrogens (primary N) is 1. The summed E-state index contributed by atoms with van der Waals surface area (Å²) in [6.07, 6.45) is 2.09. The molecule has 0 aliphatic carbocycles. The number of ether oxygens (including phenoxy) is 1. The number of carbonyl (C=O) groups excluding carboxylic acids is 1. The van der Waals surface area contributed by atoms with Crippen LogP contribution in [0.1, 0.15) is 40.6 Å². The number of carbonyl (C=O) groups is 1. The summed E-state index contributed by atoms with van der Waals surface area (Å²) in [6.45, 7) is 5.85. The molecule has 0 spiro atoms. The maximum absolute atomic E-state index is 13.2. The summed E-state index contributed by atoms with van der Waals surface area (Å²) < 4.78 is 7.32. The van der Waals surface area contributed by atoms with Crippen LogP contribution in [0.2, 0.25) is 0 Å². The van der Waals surface area contributed by atoms with Gasteiger partial charge in [-0.3, -0.25) is 4.79 Å². The topological polar surface area (TPSA) is 86.3 Å². The van der Waals surface area contributed by atoms with Crippen LogP contribution in [0.15, 0.2) is 53.7 Å². The fourth-order valence-corrected chi connectivity index (χ4v) is 4.75. The van der Waals surface area contributed by atoms with E-state index in [1.165, 1.54) is 22.0 Å². The SMILES string of the molecule is Cc1ccc(OCc2nnc(S[C@H](C(=O)N3CCCC3)c3ccccc3)n2N)c(C)c1. The molecule has 0 bridgehead atoms. The van der Waals surface area contributed by atoms with Crippen LogP contribution >= 0.6 is 11.8 Å². The van der Waals surface area contributed by atoms with Gasteiger partial charge in [0.05, 0.1) is 0 Å². The van der Waals surface area contributed by atoms with E-state index in [1.54, 1.807) is 0 Å². The second kappa shape index (κ2) is 9.43. The van der Waals surface area contributed by atoms with Crippen LogP contribution in [0, 0.1) is 13.8 Å². The van der Waals surface area contributed by atoms with E-state index in [-0.39, 0.29) is 12.5 Å². The van der Waals surface area contributed by atoms with Crippen molar-refractivity contribution in [2.75, 3.05) is 18.9 Å². The molecule has 0 unspecified atom stereocenters. The van der Waals surface area contributed by atoms with Gasteiger partial charge in [-0.1, -0.05) is 59.8 Å². The van der Waals surface area contributed by atoms with Crippen LogP contribution in [0.5, 0.6) is 5.75 Å². The van der Waals surface area contributed by atoms with Crippen molar-refractivity contribution in [3.8, 4) is 5.75 Å². The van der Waals surface area contributed by atoms with E-state index >= 15 is 0 Å². The summed E-state index contributed by atoms with van der Waals surface area (Å²) >= 11 is 1.33. The number of hydrogen-bond donors (Lipinski definition) is 1. The first-order valence-corrected chi connectivity index (χ1v) is 11.3. The summed E-state index contributed by atoms with van der Waals surface area (Å²) in [7, 11) is 0. The number of nitrogen functional groups attached to an aromatic ring is 1. The first kappa shape index (κ1) is 21.2. The number of hydrogen-bond acceptors (Lipinski definition) is 6. The number of benzene rings is 2. The van der Waals surface area contributed by atoms with Crippen LogP contribution in [0.4, 0.5) is 0 Å². The largest absolute Gasteiger partial charge is 0.485 e. The Kier molecular flexibility index (Phi) is 6.46. The Morgan fingerprint density at radius 3 is 2.58 bits per heavy atom. The molecule has 2 N–H and O–H groups in total. The standard InChI is InChI=1S/C23H27N5O2S/c1-16-10-11-19(17(2)14-16)30-15-20-25-26-23(28(20)24)31-21(18-8-4-3-5-9-18)22(29)27-12-6-7-13-27/h3-5,8-11,14,21H,6-7,12-13,15,24H2,1-2H3/t21-/m0/s1. The molecule has 1 saturated heterocycles. The Labute approximate surface area is 186 Å². The first-order valence-electron chi connectivity index (χ1n) is 10.4. The van der Waals surface area contributed by atoms with E-state index in [4.69, 9.17) is 10.6 Å². The lowest BCUT2D eigenvalue weighted by Crippen LogP contribution is -2.31. The highest BCUT2D eigenvalue weighted by Gasteiger charge is 2.30. The molecule has 1 aromatic heterocycles. The van der Waals surface area contributed by atoms with Gasteiger partial charge in [-0.05, 0) is 43.9 Å². The molecule has 0 saturated carbocycles. The Morgan fingerprint density at radius 2 is 1.87 bits per heavy atom. The molecule has 1 aliphatic rings. The van der Waals surface area contributed by atoms with Crippen molar-refractivity contribution in [1.29, 1.82) is 0 Å². The average Bonchev–Trinajstić information content (AvgIpc) is 3.42. The summed E-state index contributed by atoms with van der Waals surface area (Å²) in [5, 5.41) is 8.51. The lowest BCUT2D eigenvalue weighted by atomic mass is 10.1. The number of aromatic nitrogens is 3. The second-order valence-electron chi connectivity index (χ2n) is 7.77. The van der Waals surface area contributed by atoms with Gasteiger partial charge in [0.25, 0.3) is 0 Å². The van der Waals surface area contributed by atoms with E-state index < -0.39 is 5.25 Å². The molecular weight excluding hydrogens is 410 g/mol. The maximum Gasteiger partial charge on any atom is 0.240 e. The van der Waals surface area contributed by atoms with E-state index in [2.05, 4.69) is 16.3 Å². The van der Waals surface area contributed by atoms with E-state index in [9.17, 15) is 4.79 Å². The summed E-state index contributed by atoms with van der Waals surface area (Å²) in [5.74, 6) is 7.65. The number of amides is 1. The number of thioether (sulfide) groups is 1. The molecule has 2 heterocycles. The zero-order chi connectivity index (χ0) is 21.8. The van der Waals surface area contributed by atoms with E-state index in [1.807, 2.05) is 61.2 Å². The second-order valence-corrected chi connectivity index (χ2v) is 8.84. The predicted molar refractivity (Wildman–Crippen MR) is 121 cm³/mol. The molecule has 2 aromatic carbocycles. The molecule has 8 heteroatoms. The Bertz CT molecular complexity index is 1050. The van der Waals surface area contributed by atoms with Crippen LogP contribution in [-0.4, -0.2) is 38.8 Å². The minimum Gasteiger partial charge on any atom is -0.485 e. The highest BCUT2D eigenvalue weighted by atomic mass is 32.2. The molecule has 4 rings (SSSR count). The Hall–Kier alpha value is -3.00. The van der Waals surface area contributed by atoms with Crippen molar-refractivity contribution in [3.63, 3.8) is 0 Å². The normalized spacial score (nSPS) is 14.6. The third-order valence-electron chi connectivity index (χ3n) is 5.39. The highest BCUT2D eigenvalue weighted by molar-refractivity contribution is 8.00. The molecule has 1 amide bonds. The van der Waals surface area contributed by atoms with Gasteiger partial charge >= 0.3 is 0 Å². The van der Waals surface area contributed by atoms with Crippen molar-refractivity contribution in [3.05, 3.63) is 71.0 Å². The van der Waals surface area contributed by atoms with Crippen LogP contribution in [0.25, 0.3) is 0 Å². The van der Waals surface area contributed by atoms with Gasteiger partial charge in [0.1, 0.15) is 17.6 Å². The van der Waals surface area contributed by atoms with Crippen molar-refractivity contribution in [2.24, 2.45) is 0 Å². The molecule has 1 atom stereocenters. The van der Waals surface area contributed by atoms with Gasteiger partial charge in [-0.25, -0.2) is 4.68 Å². The Morgan fingerprint density at radius 1 is 1.13 bits per heavy atom. The van der Waals surface area contributed by atoms with Crippen LogP contribution < -0.4 is 10.6 Å². The monoisotopic (exact) mass is 437 g/mol. The molecule has 3 aromatic rings. The molecule has 7 nitrogen and oxygen atoms in total. The lowest BCUT2D eigenvalue weighted by Gasteiger charge is -2.22. The van der Waals surface area contributed by atoms with Crippen molar-refractivity contribution >= 4 is 17.7 Å². The fourth-order valence-electron chi connectivity index (χ4n) is 3.69. The van der Waals surface area contributed by atoms with Crippen LogP contribution in [0.3, 0.4) is 0 Å². The zero-order valence-corrected chi connectivity index (χ0v) is 18.6. The minimum atomic E-state index is -0.418. The molecule has 162 valence electrons. The fraction of sp³-hybridized carbons (Fsp3) is 0.348. The summed E-state index contributed by atoms with van der Waals surface area (Å²) in [6, 6.07) is 15.8. The van der Waals surface area contributed by atoms with Gasteiger partial charge in [0, 0.05) is 13.1 Å².